The Morgan fingerprint density at radius 3 is 2.58 bits per heavy atom. The maximum absolute atomic E-state index is 13.1. The van der Waals surface area contributed by atoms with Gasteiger partial charge in [-0.25, -0.2) is 9.37 Å². The van der Waals surface area contributed by atoms with Crippen LogP contribution in [0, 0.1) is 5.82 Å². The molecule has 0 saturated heterocycles. The van der Waals surface area contributed by atoms with Gasteiger partial charge in [-0.05, 0) is 19.4 Å². The maximum atomic E-state index is 13.1. The molecular weight excluding hydrogens is 200 g/mol. The van der Waals surface area contributed by atoms with E-state index in [1.807, 2.05) is 0 Å². The van der Waals surface area contributed by atoms with E-state index < -0.39 is 13.0 Å². The molecule has 0 aliphatic rings. The molecule has 1 aromatic heterocycles. The summed E-state index contributed by atoms with van der Waals surface area (Å²) in [4.78, 5) is 3.52. The van der Waals surface area contributed by atoms with Crippen molar-refractivity contribution in [1.29, 1.82) is 0 Å². The molecule has 5 heteroatoms. The third-order valence-corrected chi connectivity index (χ3v) is 3.18. The Morgan fingerprint density at radius 1 is 1.58 bits per heavy atom. The Balaban J connectivity index is 3.36. The van der Waals surface area contributed by atoms with E-state index in [2.05, 4.69) is 4.98 Å². The molecule has 66 valence electrons. The second-order valence-electron chi connectivity index (χ2n) is 2.79. The molecule has 1 aromatic rings. The molecule has 0 aromatic carbocycles. The fraction of sp³-hybridized carbons (Fsp3) is 0.286. The van der Waals surface area contributed by atoms with Gasteiger partial charge in [-0.3, -0.25) is 0 Å². The number of aromatic nitrogens is 1. The summed E-state index contributed by atoms with van der Waals surface area (Å²) in [5.41, 5.74) is 0. The average molecular weight is 208 g/mol. The summed E-state index contributed by atoms with van der Waals surface area (Å²) in [5, 5.41) is -0.0704. The predicted octanol–water partition coefficient (Wildman–Crippen LogP) is 2.12. The second-order valence-corrected chi connectivity index (χ2v) is 6.33. The Labute approximate surface area is 75.1 Å². The lowest BCUT2D eigenvalue weighted by Crippen LogP contribution is -2.09. The van der Waals surface area contributed by atoms with Crippen LogP contribution in [0.5, 0.6) is 0 Å². The summed E-state index contributed by atoms with van der Waals surface area (Å²) >= 11 is 5.41. The molecule has 0 amide bonds. The lowest BCUT2D eigenvalue weighted by molar-refractivity contribution is 0.584. The van der Waals surface area contributed by atoms with Crippen LogP contribution >= 0.6 is 18.7 Å². The van der Waals surface area contributed by atoms with Crippen LogP contribution in [0.25, 0.3) is 0 Å². The SMILES string of the molecule is CP(C)(=O)c1ccnc(Cl)c1F. The number of halogens is 2. The van der Waals surface area contributed by atoms with E-state index in [4.69, 9.17) is 11.6 Å². The quantitative estimate of drug-likeness (QED) is 0.522. The Bertz CT molecular complexity index is 349. The first-order chi connectivity index (χ1) is 5.43. The van der Waals surface area contributed by atoms with Crippen molar-refractivity contribution in [3.05, 3.63) is 23.2 Å². The topological polar surface area (TPSA) is 30.0 Å². The van der Waals surface area contributed by atoms with Gasteiger partial charge in [-0.2, -0.15) is 0 Å². The van der Waals surface area contributed by atoms with E-state index >= 15 is 0 Å². The molecule has 0 radical (unpaired) electrons. The van der Waals surface area contributed by atoms with Crippen LogP contribution in [0.3, 0.4) is 0 Å². The summed E-state index contributed by atoms with van der Waals surface area (Å²) < 4.78 is 24.6. The molecule has 0 bridgehead atoms. The minimum absolute atomic E-state index is 0.155. The Hall–Kier alpha value is -0.400. The molecule has 0 atom stereocenters. The average Bonchev–Trinajstić information content (AvgIpc) is 1.92. The normalized spacial score (nSPS) is 11.7. The number of nitrogens with zero attached hydrogens (tertiary/aromatic N) is 1. The third kappa shape index (κ3) is 1.85. The molecule has 0 N–H and O–H groups in total. The third-order valence-electron chi connectivity index (χ3n) is 1.41. The van der Waals surface area contributed by atoms with E-state index in [1.54, 1.807) is 0 Å². The van der Waals surface area contributed by atoms with Crippen LogP contribution in [0.4, 0.5) is 4.39 Å². The molecule has 1 heterocycles. The van der Waals surface area contributed by atoms with E-state index in [-0.39, 0.29) is 10.5 Å². The number of hydrogen-bond donors (Lipinski definition) is 0. The highest BCUT2D eigenvalue weighted by Gasteiger charge is 2.18. The standard InChI is InChI=1S/C7H8ClFNOP/c1-12(2,11)5-3-4-10-7(8)6(5)9/h3-4H,1-2H3. The van der Waals surface area contributed by atoms with E-state index in [1.165, 1.54) is 25.6 Å². The Morgan fingerprint density at radius 2 is 2.17 bits per heavy atom. The zero-order valence-electron chi connectivity index (χ0n) is 6.71. The van der Waals surface area contributed by atoms with Gasteiger partial charge >= 0.3 is 0 Å². The monoisotopic (exact) mass is 207 g/mol. The molecule has 0 aliphatic carbocycles. The first-order valence-corrected chi connectivity index (χ1v) is 6.26. The van der Waals surface area contributed by atoms with Gasteiger partial charge in [-0.1, -0.05) is 11.6 Å². The van der Waals surface area contributed by atoms with Crippen LogP contribution in [0.1, 0.15) is 0 Å². The van der Waals surface area contributed by atoms with Crippen molar-refractivity contribution in [3.8, 4) is 0 Å². The molecular formula is C7H8ClFNOP. The summed E-state index contributed by atoms with van der Waals surface area (Å²) in [6, 6.07) is 1.39. The van der Waals surface area contributed by atoms with Gasteiger partial charge in [0.1, 0.15) is 7.14 Å². The molecule has 0 unspecified atom stereocenters. The Kier molecular flexibility index (Phi) is 2.55. The van der Waals surface area contributed by atoms with Crippen LogP contribution in [-0.4, -0.2) is 18.3 Å². The molecule has 1 rings (SSSR count). The van der Waals surface area contributed by atoms with E-state index in [0.29, 0.717) is 0 Å². The van der Waals surface area contributed by atoms with Crippen molar-refractivity contribution in [3.63, 3.8) is 0 Å². The number of rotatable bonds is 1. The highest BCUT2D eigenvalue weighted by molar-refractivity contribution is 7.70. The zero-order chi connectivity index (χ0) is 9.35. The van der Waals surface area contributed by atoms with Gasteiger partial charge in [0.05, 0.1) is 5.30 Å². The fourth-order valence-electron chi connectivity index (χ4n) is 0.825. The van der Waals surface area contributed by atoms with Gasteiger partial charge < -0.3 is 4.57 Å². The first-order valence-electron chi connectivity index (χ1n) is 3.28. The minimum Gasteiger partial charge on any atom is -0.319 e. The summed E-state index contributed by atoms with van der Waals surface area (Å²) in [5.74, 6) is -0.674. The molecule has 0 fully saturated rings. The molecule has 0 spiro atoms. The highest BCUT2D eigenvalue weighted by Crippen LogP contribution is 2.36. The van der Waals surface area contributed by atoms with Gasteiger partial charge in [0.25, 0.3) is 0 Å². The lowest BCUT2D eigenvalue weighted by atomic mass is 10.5. The van der Waals surface area contributed by atoms with Crippen molar-refractivity contribution in [2.24, 2.45) is 0 Å². The van der Waals surface area contributed by atoms with Crippen LogP contribution in [0.2, 0.25) is 5.15 Å². The summed E-state index contributed by atoms with van der Waals surface area (Å²) in [7, 11) is -2.58. The number of pyridine rings is 1. The van der Waals surface area contributed by atoms with Crippen LogP contribution in [-0.2, 0) is 4.57 Å². The van der Waals surface area contributed by atoms with Crippen molar-refractivity contribution in [2.45, 2.75) is 0 Å². The summed E-state index contributed by atoms with van der Waals surface area (Å²) in [6.07, 6.45) is 1.35. The predicted molar refractivity (Wildman–Crippen MR) is 48.3 cm³/mol. The molecule has 0 saturated carbocycles. The van der Waals surface area contributed by atoms with Crippen LogP contribution < -0.4 is 5.30 Å². The maximum Gasteiger partial charge on any atom is 0.171 e. The summed E-state index contributed by atoms with van der Waals surface area (Å²) in [6.45, 7) is 2.98. The van der Waals surface area contributed by atoms with E-state index in [9.17, 15) is 8.96 Å². The van der Waals surface area contributed by atoms with Gasteiger partial charge in [-0.15, -0.1) is 0 Å². The first kappa shape index (κ1) is 9.69. The lowest BCUT2D eigenvalue weighted by Gasteiger charge is -2.07. The number of hydrogen-bond acceptors (Lipinski definition) is 2. The molecule has 12 heavy (non-hydrogen) atoms. The van der Waals surface area contributed by atoms with Crippen LogP contribution in [0.15, 0.2) is 12.3 Å². The van der Waals surface area contributed by atoms with Gasteiger partial charge in [0.15, 0.2) is 11.0 Å². The fourth-order valence-corrected chi connectivity index (χ4v) is 2.05. The van der Waals surface area contributed by atoms with Crippen molar-refractivity contribution in [2.75, 3.05) is 13.3 Å². The highest BCUT2D eigenvalue weighted by atomic mass is 35.5. The van der Waals surface area contributed by atoms with Crippen molar-refractivity contribution in [1.82, 2.24) is 4.98 Å². The van der Waals surface area contributed by atoms with E-state index in [0.717, 1.165) is 0 Å². The smallest absolute Gasteiger partial charge is 0.171 e. The second kappa shape index (κ2) is 3.15. The van der Waals surface area contributed by atoms with Crippen molar-refractivity contribution >= 4 is 24.0 Å². The zero-order valence-corrected chi connectivity index (χ0v) is 8.36. The molecule has 0 aliphatic heterocycles. The largest absolute Gasteiger partial charge is 0.319 e. The van der Waals surface area contributed by atoms with Gasteiger partial charge in [0.2, 0.25) is 0 Å². The molecule has 2 nitrogen and oxygen atoms in total. The van der Waals surface area contributed by atoms with Crippen molar-refractivity contribution < 1.29 is 8.96 Å². The minimum atomic E-state index is -2.58. The van der Waals surface area contributed by atoms with Gasteiger partial charge in [0, 0.05) is 6.20 Å².